The zero-order valence-electron chi connectivity index (χ0n) is 11.6. The zero-order valence-corrected chi connectivity index (χ0v) is 12.4. The monoisotopic (exact) mass is 313 g/mol. The normalized spacial score (nSPS) is 13.4. The number of para-hydroxylation sites is 1. The largest absolute Gasteiger partial charge is 0.465 e. The van der Waals surface area contributed by atoms with Gasteiger partial charge in [0.15, 0.2) is 5.78 Å². The highest BCUT2D eigenvalue weighted by Crippen LogP contribution is 2.30. The van der Waals surface area contributed by atoms with Crippen molar-refractivity contribution in [2.45, 2.75) is 0 Å². The highest BCUT2D eigenvalue weighted by Gasteiger charge is 2.30. The molecular formula is C16H11NO4S. The van der Waals surface area contributed by atoms with Gasteiger partial charge in [-0.3, -0.25) is 9.59 Å². The highest BCUT2D eigenvalue weighted by atomic mass is 32.1. The van der Waals surface area contributed by atoms with Crippen molar-refractivity contribution in [1.82, 2.24) is 0 Å². The van der Waals surface area contributed by atoms with Gasteiger partial charge in [0.1, 0.15) is 4.88 Å². The quantitative estimate of drug-likeness (QED) is 0.882. The Hall–Kier alpha value is -2.73. The summed E-state index contributed by atoms with van der Waals surface area (Å²) in [6, 6.07) is 10.5. The average molecular weight is 313 g/mol. The molecule has 1 N–H and O–H groups in total. The third-order valence-electron chi connectivity index (χ3n) is 3.16. The highest BCUT2D eigenvalue weighted by molar-refractivity contribution is 7.16. The minimum absolute atomic E-state index is 0.193. The van der Waals surface area contributed by atoms with Crippen LogP contribution in [0.2, 0.25) is 0 Å². The second-order valence-corrected chi connectivity index (χ2v) is 5.64. The van der Waals surface area contributed by atoms with Gasteiger partial charge in [-0.25, -0.2) is 4.79 Å². The summed E-state index contributed by atoms with van der Waals surface area (Å²) < 4.78 is 4.62. The third kappa shape index (κ3) is 2.44. The molecule has 0 saturated carbocycles. The van der Waals surface area contributed by atoms with Gasteiger partial charge in [-0.2, -0.15) is 0 Å². The topological polar surface area (TPSA) is 72.5 Å². The van der Waals surface area contributed by atoms with Crippen LogP contribution in [-0.4, -0.2) is 24.6 Å². The molecule has 6 heteroatoms. The number of esters is 1. The molecule has 22 heavy (non-hydrogen) atoms. The molecule has 0 unspecified atom stereocenters. The van der Waals surface area contributed by atoms with Crippen LogP contribution < -0.4 is 5.32 Å². The first-order chi connectivity index (χ1) is 10.6. The van der Waals surface area contributed by atoms with Gasteiger partial charge in [0, 0.05) is 17.3 Å². The number of nitrogens with one attached hydrogen (secondary N) is 1. The molecule has 0 radical (unpaired) electrons. The van der Waals surface area contributed by atoms with E-state index in [2.05, 4.69) is 10.1 Å². The lowest BCUT2D eigenvalue weighted by atomic mass is 10.00. The van der Waals surface area contributed by atoms with E-state index in [0.717, 1.165) is 11.3 Å². The third-order valence-corrected chi connectivity index (χ3v) is 4.29. The molecule has 0 saturated heterocycles. The van der Waals surface area contributed by atoms with Crippen molar-refractivity contribution in [2.75, 3.05) is 12.4 Å². The van der Waals surface area contributed by atoms with Gasteiger partial charge in [-0.05, 0) is 18.2 Å². The number of allylic oxidation sites excluding steroid dienone is 2. The van der Waals surface area contributed by atoms with Crippen molar-refractivity contribution in [3.8, 4) is 0 Å². The lowest BCUT2D eigenvalue weighted by molar-refractivity contribution is 0.0606. The maximum atomic E-state index is 12.5. The molecule has 0 fully saturated rings. The van der Waals surface area contributed by atoms with Crippen LogP contribution in [0.5, 0.6) is 0 Å². The Labute approximate surface area is 130 Å². The van der Waals surface area contributed by atoms with Crippen molar-refractivity contribution >= 4 is 34.6 Å². The van der Waals surface area contributed by atoms with Crippen LogP contribution in [0, 0.1) is 0 Å². The number of anilines is 1. The van der Waals surface area contributed by atoms with Gasteiger partial charge >= 0.3 is 5.97 Å². The van der Waals surface area contributed by atoms with Crippen LogP contribution in [-0.2, 0) is 4.74 Å². The Bertz CT molecular complexity index is 805. The van der Waals surface area contributed by atoms with Gasteiger partial charge in [-0.1, -0.05) is 18.2 Å². The molecule has 110 valence electrons. The van der Waals surface area contributed by atoms with E-state index in [-0.39, 0.29) is 32.6 Å². The van der Waals surface area contributed by atoms with Crippen LogP contribution in [0.15, 0.2) is 48.2 Å². The van der Waals surface area contributed by atoms with Crippen molar-refractivity contribution in [3.05, 3.63) is 63.5 Å². The number of hydrogen-bond donors (Lipinski definition) is 1. The first kappa shape index (κ1) is 14.2. The summed E-state index contributed by atoms with van der Waals surface area (Å²) in [7, 11) is 1.26. The SMILES string of the molecule is COC(=O)c1cc2c(s1)C(=O)C=C(Nc1ccccc1)C2=O. The van der Waals surface area contributed by atoms with Crippen molar-refractivity contribution in [1.29, 1.82) is 0 Å². The maximum Gasteiger partial charge on any atom is 0.348 e. The molecule has 3 rings (SSSR count). The fraction of sp³-hybridized carbons (Fsp3) is 0.0625. The molecule has 0 amide bonds. The van der Waals surface area contributed by atoms with Gasteiger partial charge in [0.25, 0.3) is 0 Å². The Kier molecular flexibility index (Phi) is 3.60. The lowest BCUT2D eigenvalue weighted by Crippen LogP contribution is -2.19. The number of fused-ring (bicyclic) bond motifs is 1. The van der Waals surface area contributed by atoms with Gasteiger partial charge in [0.2, 0.25) is 5.78 Å². The number of ether oxygens (including phenoxy) is 1. The molecular weight excluding hydrogens is 302 g/mol. The van der Waals surface area contributed by atoms with Crippen molar-refractivity contribution < 1.29 is 19.1 Å². The fourth-order valence-corrected chi connectivity index (χ4v) is 3.11. The molecule has 0 atom stereocenters. The minimum Gasteiger partial charge on any atom is -0.465 e. The number of methoxy groups -OCH3 is 1. The van der Waals surface area contributed by atoms with Gasteiger partial charge < -0.3 is 10.1 Å². The van der Waals surface area contributed by atoms with E-state index < -0.39 is 5.97 Å². The standard InChI is InChI=1S/C16H11NO4S/c1-21-16(20)13-7-10-14(19)11(8-12(18)15(10)22-13)17-9-5-3-2-4-6-9/h2-8,17H,1H3. The molecule has 1 aromatic carbocycles. The summed E-state index contributed by atoms with van der Waals surface area (Å²) in [5, 5.41) is 2.93. The summed E-state index contributed by atoms with van der Waals surface area (Å²) in [5.41, 5.74) is 1.14. The molecule has 0 spiro atoms. The Balaban J connectivity index is 1.94. The number of Topliss-reactive ketones (excluding diaryl/α,β-unsaturated/α-hetero) is 1. The summed E-state index contributed by atoms with van der Waals surface area (Å²) in [4.78, 5) is 36.7. The van der Waals surface area contributed by atoms with Crippen molar-refractivity contribution in [3.63, 3.8) is 0 Å². The number of thiophene rings is 1. The Morgan fingerprint density at radius 3 is 2.59 bits per heavy atom. The number of carbonyl (C=O) groups is 3. The average Bonchev–Trinajstić information content (AvgIpc) is 2.99. The van der Waals surface area contributed by atoms with Crippen LogP contribution in [0.3, 0.4) is 0 Å². The predicted molar refractivity (Wildman–Crippen MR) is 82.5 cm³/mol. The van der Waals surface area contributed by atoms with E-state index in [0.29, 0.717) is 5.69 Å². The number of benzene rings is 1. The molecule has 0 aliphatic heterocycles. The van der Waals surface area contributed by atoms with E-state index >= 15 is 0 Å². The Morgan fingerprint density at radius 1 is 1.18 bits per heavy atom. The first-order valence-corrected chi connectivity index (χ1v) is 7.26. The minimum atomic E-state index is -0.558. The molecule has 1 aliphatic rings. The summed E-state index contributed by atoms with van der Waals surface area (Å²) in [5.74, 6) is -1.17. The second-order valence-electron chi connectivity index (χ2n) is 4.59. The van der Waals surface area contributed by atoms with Crippen molar-refractivity contribution in [2.24, 2.45) is 0 Å². The second kappa shape index (κ2) is 5.57. The fourth-order valence-electron chi connectivity index (χ4n) is 2.12. The summed E-state index contributed by atoms with van der Waals surface area (Å²) >= 11 is 0.971. The van der Waals surface area contributed by atoms with Gasteiger partial charge in [0.05, 0.1) is 17.7 Å². The van der Waals surface area contributed by atoms with Crippen LogP contribution in [0.4, 0.5) is 5.69 Å². The number of rotatable bonds is 3. The first-order valence-electron chi connectivity index (χ1n) is 6.45. The number of hydrogen-bond acceptors (Lipinski definition) is 6. The molecule has 0 bridgehead atoms. The van der Waals surface area contributed by atoms with E-state index in [9.17, 15) is 14.4 Å². The zero-order chi connectivity index (χ0) is 15.7. The van der Waals surface area contributed by atoms with E-state index in [1.165, 1.54) is 19.3 Å². The summed E-state index contributed by atoms with van der Waals surface area (Å²) in [6.07, 6.45) is 1.26. The van der Waals surface area contributed by atoms with E-state index in [1.807, 2.05) is 18.2 Å². The summed E-state index contributed by atoms with van der Waals surface area (Å²) in [6.45, 7) is 0. The van der Waals surface area contributed by atoms with E-state index in [4.69, 9.17) is 0 Å². The van der Waals surface area contributed by atoms with Crippen LogP contribution in [0.25, 0.3) is 0 Å². The predicted octanol–water partition coefficient (Wildman–Crippen LogP) is 2.91. The van der Waals surface area contributed by atoms with Crippen LogP contribution >= 0.6 is 11.3 Å². The van der Waals surface area contributed by atoms with E-state index in [1.54, 1.807) is 12.1 Å². The molecule has 1 heterocycles. The van der Waals surface area contributed by atoms with Gasteiger partial charge in [-0.15, -0.1) is 11.3 Å². The molecule has 1 aromatic heterocycles. The maximum absolute atomic E-state index is 12.5. The Morgan fingerprint density at radius 2 is 1.91 bits per heavy atom. The smallest absolute Gasteiger partial charge is 0.348 e. The molecule has 1 aliphatic carbocycles. The van der Waals surface area contributed by atoms with Crippen LogP contribution in [0.1, 0.15) is 29.7 Å². The lowest BCUT2D eigenvalue weighted by Gasteiger charge is -2.13. The number of ketones is 2. The molecule has 5 nitrogen and oxygen atoms in total. The number of carbonyl (C=O) groups excluding carboxylic acids is 3. The molecule has 2 aromatic rings.